The molecular formula is C18H20N2O5. The Morgan fingerprint density at radius 2 is 1.80 bits per heavy atom. The van der Waals surface area contributed by atoms with E-state index < -0.39 is 12.1 Å². The molecular weight excluding hydrogens is 324 g/mol. The number of fused-ring (bicyclic) bond motifs is 1. The van der Waals surface area contributed by atoms with Gasteiger partial charge in [0.25, 0.3) is 17.7 Å². The summed E-state index contributed by atoms with van der Waals surface area (Å²) >= 11 is 0. The van der Waals surface area contributed by atoms with Gasteiger partial charge in [-0.25, -0.2) is 0 Å². The van der Waals surface area contributed by atoms with Crippen LogP contribution >= 0.6 is 0 Å². The standard InChI is InChI=1S/C18H20N2O5/c1-11(16(22)19-12-8-9-12)25-15(21)7-4-10-20-17(23)13-5-2-3-6-14(13)18(20)24/h2-3,5-6,11-12H,4,7-10H2,1H3,(H,19,22)/t11-/m1/s1. The van der Waals surface area contributed by atoms with E-state index in [2.05, 4.69) is 5.32 Å². The lowest BCUT2D eigenvalue weighted by atomic mass is 10.1. The predicted molar refractivity (Wildman–Crippen MR) is 87.8 cm³/mol. The second-order valence-electron chi connectivity index (χ2n) is 6.33. The van der Waals surface area contributed by atoms with Crippen molar-refractivity contribution in [2.24, 2.45) is 0 Å². The maximum atomic E-state index is 12.2. The monoisotopic (exact) mass is 344 g/mol. The molecule has 0 bridgehead atoms. The summed E-state index contributed by atoms with van der Waals surface area (Å²) in [6.07, 6.45) is 1.42. The third kappa shape index (κ3) is 3.87. The molecule has 0 aromatic heterocycles. The van der Waals surface area contributed by atoms with Crippen molar-refractivity contribution >= 4 is 23.7 Å². The average Bonchev–Trinajstić information content (AvgIpc) is 3.37. The van der Waals surface area contributed by atoms with Gasteiger partial charge in [-0.3, -0.25) is 24.1 Å². The van der Waals surface area contributed by atoms with E-state index in [1.807, 2.05) is 0 Å². The minimum absolute atomic E-state index is 0.0362. The maximum Gasteiger partial charge on any atom is 0.306 e. The number of hydrogen-bond acceptors (Lipinski definition) is 5. The van der Waals surface area contributed by atoms with Crippen molar-refractivity contribution in [3.05, 3.63) is 35.4 Å². The van der Waals surface area contributed by atoms with Crippen LogP contribution < -0.4 is 5.32 Å². The number of benzene rings is 1. The Morgan fingerprint density at radius 1 is 1.20 bits per heavy atom. The van der Waals surface area contributed by atoms with Gasteiger partial charge in [0.1, 0.15) is 0 Å². The molecule has 7 heteroatoms. The third-order valence-electron chi connectivity index (χ3n) is 4.24. The number of nitrogens with one attached hydrogen (secondary N) is 1. The number of imide groups is 1. The van der Waals surface area contributed by atoms with Gasteiger partial charge in [0, 0.05) is 19.0 Å². The second-order valence-corrected chi connectivity index (χ2v) is 6.33. The number of carbonyl (C=O) groups excluding carboxylic acids is 4. The first kappa shape index (κ1) is 17.1. The Morgan fingerprint density at radius 3 is 2.36 bits per heavy atom. The topological polar surface area (TPSA) is 92.8 Å². The van der Waals surface area contributed by atoms with Crippen molar-refractivity contribution in [2.75, 3.05) is 6.54 Å². The lowest BCUT2D eigenvalue weighted by Crippen LogP contribution is -2.37. The molecule has 1 aromatic carbocycles. The summed E-state index contributed by atoms with van der Waals surface area (Å²) in [5, 5.41) is 2.77. The van der Waals surface area contributed by atoms with Crippen LogP contribution in [0.2, 0.25) is 0 Å². The minimum Gasteiger partial charge on any atom is -0.453 e. The normalized spacial score (nSPS) is 17.2. The molecule has 7 nitrogen and oxygen atoms in total. The molecule has 2 aliphatic rings. The molecule has 132 valence electrons. The molecule has 1 N–H and O–H groups in total. The highest BCUT2D eigenvalue weighted by molar-refractivity contribution is 6.21. The zero-order valence-electron chi connectivity index (χ0n) is 14.0. The number of carbonyl (C=O) groups is 4. The van der Waals surface area contributed by atoms with Crippen molar-refractivity contribution < 1.29 is 23.9 Å². The molecule has 3 rings (SSSR count). The molecule has 1 heterocycles. The fourth-order valence-corrected chi connectivity index (χ4v) is 2.68. The van der Waals surface area contributed by atoms with Gasteiger partial charge in [0.2, 0.25) is 0 Å². The molecule has 0 spiro atoms. The predicted octanol–water partition coefficient (Wildman–Crippen LogP) is 1.27. The van der Waals surface area contributed by atoms with E-state index >= 15 is 0 Å². The van der Waals surface area contributed by atoms with Crippen LogP contribution in [0.25, 0.3) is 0 Å². The van der Waals surface area contributed by atoms with Crippen LogP contribution in [0.4, 0.5) is 0 Å². The van der Waals surface area contributed by atoms with Crippen LogP contribution in [-0.4, -0.2) is 47.3 Å². The van der Waals surface area contributed by atoms with Crippen molar-refractivity contribution in [2.45, 2.75) is 44.8 Å². The van der Waals surface area contributed by atoms with Gasteiger partial charge in [-0.15, -0.1) is 0 Å². The van der Waals surface area contributed by atoms with E-state index in [1.165, 1.54) is 6.92 Å². The van der Waals surface area contributed by atoms with Gasteiger partial charge in [-0.2, -0.15) is 0 Å². The molecule has 0 radical (unpaired) electrons. The molecule has 1 atom stereocenters. The van der Waals surface area contributed by atoms with Crippen LogP contribution in [0, 0.1) is 0 Å². The summed E-state index contributed by atoms with van der Waals surface area (Å²) in [7, 11) is 0. The van der Waals surface area contributed by atoms with E-state index in [9.17, 15) is 19.2 Å². The molecule has 1 aliphatic carbocycles. The summed E-state index contributed by atoms with van der Waals surface area (Å²) in [5.41, 5.74) is 0.779. The van der Waals surface area contributed by atoms with Crippen molar-refractivity contribution in [3.63, 3.8) is 0 Å². The number of esters is 1. The number of hydrogen-bond donors (Lipinski definition) is 1. The first-order chi connectivity index (χ1) is 12.0. The van der Waals surface area contributed by atoms with Crippen LogP contribution in [0.1, 0.15) is 53.3 Å². The number of nitrogens with zero attached hydrogens (tertiary/aromatic N) is 1. The highest BCUT2D eigenvalue weighted by Gasteiger charge is 2.34. The summed E-state index contributed by atoms with van der Waals surface area (Å²) in [6.45, 7) is 1.67. The van der Waals surface area contributed by atoms with E-state index in [0.717, 1.165) is 17.7 Å². The fourth-order valence-electron chi connectivity index (χ4n) is 2.68. The Labute approximate surface area is 145 Å². The molecule has 25 heavy (non-hydrogen) atoms. The largest absolute Gasteiger partial charge is 0.453 e. The maximum absolute atomic E-state index is 12.2. The van der Waals surface area contributed by atoms with Gasteiger partial charge in [0.05, 0.1) is 11.1 Å². The molecule has 1 aliphatic heterocycles. The second kappa shape index (κ2) is 7.04. The fraction of sp³-hybridized carbons (Fsp3) is 0.444. The molecule has 1 saturated carbocycles. The van der Waals surface area contributed by atoms with Gasteiger partial charge in [-0.05, 0) is 38.3 Å². The minimum atomic E-state index is -0.840. The quantitative estimate of drug-likeness (QED) is 0.594. The van der Waals surface area contributed by atoms with E-state index in [1.54, 1.807) is 24.3 Å². The summed E-state index contributed by atoms with van der Waals surface area (Å²) < 4.78 is 5.08. The summed E-state index contributed by atoms with van der Waals surface area (Å²) in [6, 6.07) is 6.86. The molecule has 0 unspecified atom stereocenters. The summed E-state index contributed by atoms with van der Waals surface area (Å²) in [5.74, 6) is -1.50. The SMILES string of the molecule is C[C@@H](OC(=O)CCCN1C(=O)c2ccccc2C1=O)C(=O)NC1CC1. The van der Waals surface area contributed by atoms with Crippen molar-refractivity contribution in [1.29, 1.82) is 0 Å². The molecule has 1 aromatic rings. The highest BCUT2D eigenvalue weighted by atomic mass is 16.5. The van der Waals surface area contributed by atoms with Gasteiger partial charge in [0.15, 0.2) is 6.10 Å². The van der Waals surface area contributed by atoms with Crippen LogP contribution in [0.15, 0.2) is 24.3 Å². The zero-order chi connectivity index (χ0) is 18.0. The lowest BCUT2D eigenvalue weighted by Gasteiger charge is -2.15. The smallest absolute Gasteiger partial charge is 0.306 e. The first-order valence-electron chi connectivity index (χ1n) is 8.42. The van der Waals surface area contributed by atoms with Crippen molar-refractivity contribution in [1.82, 2.24) is 10.2 Å². The average molecular weight is 344 g/mol. The van der Waals surface area contributed by atoms with Crippen LogP contribution in [0.5, 0.6) is 0 Å². The Balaban J connectivity index is 1.43. The third-order valence-corrected chi connectivity index (χ3v) is 4.24. The number of amides is 3. The molecule has 0 saturated heterocycles. The van der Waals surface area contributed by atoms with Crippen LogP contribution in [0.3, 0.4) is 0 Å². The first-order valence-corrected chi connectivity index (χ1v) is 8.42. The van der Waals surface area contributed by atoms with Crippen molar-refractivity contribution in [3.8, 4) is 0 Å². The zero-order valence-corrected chi connectivity index (χ0v) is 14.0. The van der Waals surface area contributed by atoms with Gasteiger partial charge < -0.3 is 10.1 Å². The lowest BCUT2D eigenvalue weighted by molar-refractivity contribution is -0.155. The molecule has 3 amide bonds. The van der Waals surface area contributed by atoms with Crippen LogP contribution in [-0.2, 0) is 14.3 Å². The Bertz CT molecular complexity index is 691. The highest BCUT2D eigenvalue weighted by Crippen LogP contribution is 2.22. The van der Waals surface area contributed by atoms with E-state index in [4.69, 9.17) is 4.74 Å². The van der Waals surface area contributed by atoms with Gasteiger partial charge in [-0.1, -0.05) is 12.1 Å². The Kier molecular flexibility index (Phi) is 4.83. The molecule has 1 fully saturated rings. The summed E-state index contributed by atoms with van der Waals surface area (Å²) in [4.78, 5) is 49.1. The Hall–Kier alpha value is -2.70. The number of ether oxygens (including phenoxy) is 1. The van der Waals surface area contributed by atoms with E-state index in [-0.39, 0.29) is 36.7 Å². The number of rotatable bonds is 7. The van der Waals surface area contributed by atoms with E-state index in [0.29, 0.717) is 17.5 Å². The van der Waals surface area contributed by atoms with Gasteiger partial charge >= 0.3 is 5.97 Å².